The van der Waals surface area contributed by atoms with Crippen LogP contribution in [0.4, 0.5) is 11.4 Å². The second kappa shape index (κ2) is 7.41. The summed E-state index contributed by atoms with van der Waals surface area (Å²) < 4.78 is 1.61. The van der Waals surface area contributed by atoms with E-state index in [2.05, 4.69) is 15.4 Å². The first-order valence-corrected chi connectivity index (χ1v) is 8.84. The van der Waals surface area contributed by atoms with Crippen molar-refractivity contribution in [2.45, 2.75) is 19.3 Å². The molecule has 0 aliphatic carbocycles. The molecule has 1 N–H and O–H groups in total. The van der Waals surface area contributed by atoms with Gasteiger partial charge < -0.3 is 10.2 Å². The van der Waals surface area contributed by atoms with Gasteiger partial charge in [0.05, 0.1) is 17.8 Å². The van der Waals surface area contributed by atoms with Gasteiger partial charge in [-0.1, -0.05) is 24.3 Å². The normalized spacial score (nSPS) is 13.8. The Morgan fingerprint density at radius 1 is 1.11 bits per heavy atom. The number of aromatic nitrogens is 3. The summed E-state index contributed by atoms with van der Waals surface area (Å²) in [5.41, 5.74) is 3.21. The molecule has 1 aliphatic rings. The Morgan fingerprint density at radius 2 is 1.93 bits per heavy atom. The van der Waals surface area contributed by atoms with E-state index in [0.717, 1.165) is 29.9 Å². The molecular formula is C20H19N5O2. The SMILES string of the molecule is O=C(Cc1ccc(N2CCCC2=O)cc1)Nc1ccccc1-n1cncn1. The van der Waals surface area contributed by atoms with E-state index in [1.54, 1.807) is 15.9 Å². The molecule has 0 unspecified atom stereocenters. The lowest BCUT2D eigenvalue weighted by atomic mass is 10.1. The zero-order valence-electron chi connectivity index (χ0n) is 14.7. The van der Waals surface area contributed by atoms with Crippen molar-refractivity contribution < 1.29 is 9.59 Å². The summed E-state index contributed by atoms with van der Waals surface area (Å²) in [6.45, 7) is 0.762. The molecule has 4 rings (SSSR count). The number of nitrogens with one attached hydrogen (secondary N) is 1. The lowest BCUT2D eigenvalue weighted by molar-refractivity contribution is -0.117. The van der Waals surface area contributed by atoms with Gasteiger partial charge in [-0.25, -0.2) is 9.67 Å². The molecule has 0 atom stereocenters. The average Bonchev–Trinajstić information content (AvgIpc) is 3.35. The number of carbonyl (C=O) groups excluding carboxylic acids is 2. The molecule has 3 aromatic rings. The van der Waals surface area contributed by atoms with Gasteiger partial charge in [-0.15, -0.1) is 0 Å². The minimum atomic E-state index is -0.118. The Bertz CT molecular complexity index is 951. The van der Waals surface area contributed by atoms with Crippen LogP contribution in [0.15, 0.2) is 61.2 Å². The van der Waals surface area contributed by atoms with Crippen LogP contribution in [0.5, 0.6) is 0 Å². The van der Waals surface area contributed by atoms with Crippen LogP contribution in [0.3, 0.4) is 0 Å². The third kappa shape index (κ3) is 3.72. The molecule has 1 aromatic heterocycles. The number of hydrogen-bond acceptors (Lipinski definition) is 4. The van der Waals surface area contributed by atoms with Crippen LogP contribution in [0.1, 0.15) is 18.4 Å². The molecular weight excluding hydrogens is 342 g/mol. The standard InChI is InChI=1S/C20H19N5O2/c26-19(23-17-4-1-2-5-18(17)25-14-21-13-22-25)12-15-7-9-16(10-8-15)24-11-3-6-20(24)27/h1-2,4-5,7-10,13-14H,3,6,11-12H2,(H,23,26). The number of carbonyl (C=O) groups is 2. The van der Waals surface area contributed by atoms with Gasteiger partial charge in [0.2, 0.25) is 11.8 Å². The minimum Gasteiger partial charge on any atom is -0.324 e. The van der Waals surface area contributed by atoms with Crippen LogP contribution in [0, 0.1) is 0 Å². The highest BCUT2D eigenvalue weighted by molar-refractivity contribution is 5.96. The van der Waals surface area contributed by atoms with Crippen LogP contribution in [-0.4, -0.2) is 33.1 Å². The quantitative estimate of drug-likeness (QED) is 0.757. The summed E-state index contributed by atoms with van der Waals surface area (Å²) in [5.74, 6) is 0.0396. The van der Waals surface area contributed by atoms with Gasteiger partial charge in [-0.3, -0.25) is 9.59 Å². The van der Waals surface area contributed by atoms with E-state index in [1.807, 2.05) is 48.5 Å². The summed E-state index contributed by atoms with van der Waals surface area (Å²) in [5, 5.41) is 7.05. The maximum Gasteiger partial charge on any atom is 0.228 e. The molecule has 0 bridgehead atoms. The fourth-order valence-corrected chi connectivity index (χ4v) is 3.21. The number of nitrogens with zero attached hydrogens (tertiary/aromatic N) is 4. The van der Waals surface area contributed by atoms with Gasteiger partial charge in [-0.2, -0.15) is 5.10 Å². The maximum absolute atomic E-state index is 12.5. The Morgan fingerprint density at radius 3 is 2.63 bits per heavy atom. The van der Waals surface area contributed by atoms with Crippen molar-refractivity contribution in [3.8, 4) is 5.69 Å². The molecule has 2 aromatic carbocycles. The van der Waals surface area contributed by atoms with Gasteiger partial charge >= 0.3 is 0 Å². The van der Waals surface area contributed by atoms with Crippen LogP contribution >= 0.6 is 0 Å². The number of hydrogen-bond donors (Lipinski definition) is 1. The Balaban J connectivity index is 1.44. The fraction of sp³-hybridized carbons (Fsp3) is 0.200. The number of amides is 2. The van der Waals surface area contributed by atoms with Crippen molar-refractivity contribution in [2.24, 2.45) is 0 Å². The van der Waals surface area contributed by atoms with Crippen LogP contribution in [0.25, 0.3) is 5.69 Å². The molecule has 136 valence electrons. The largest absolute Gasteiger partial charge is 0.324 e. The molecule has 1 fully saturated rings. The van der Waals surface area contributed by atoms with Crippen molar-refractivity contribution in [3.63, 3.8) is 0 Å². The average molecular weight is 361 g/mol. The maximum atomic E-state index is 12.5. The zero-order chi connectivity index (χ0) is 18.6. The second-order valence-electron chi connectivity index (χ2n) is 6.40. The molecule has 1 saturated heterocycles. The summed E-state index contributed by atoms with van der Waals surface area (Å²) in [6, 6.07) is 15.0. The lowest BCUT2D eigenvalue weighted by Crippen LogP contribution is -2.23. The lowest BCUT2D eigenvalue weighted by Gasteiger charge is -2.16. The summed E-state index contributed by atoms with van der Waals surface area (Å²) in [6.07, 6.45) is 4.79. The third-order valence-electron chi connectivity index (χ3n) is 4.53. The van der Waals surface area contributed by atoms with Crippen molar-refractivity contribution in [3.05, 3.63) is 66.7 Å². The van der Waals surface area contributed by atoms with Gasteiger partial charge in [-0.05, 0) is 36.2 Å². The Labute approximate surface area is 156 Å². The molecule has 0 saturated carbocycles. The fourth-order valence-electron chi connectivity index (χ4n) is 3.21. The Kier molecular flexibility index (Phi) is 4.65. The summed E-state index contributed by atoms with van der Waals surface area (Å²) >= 11 is 0. The highest BCUT2D eigenvalue weighted by atomic mass is 16.2. The number of para-hydroxylation sites is 2. The topological polar surface area (TPSA) is 80.1 Å². The van der Waals surface area contributed by atoms with Crippen LogP contribution in [0.2, 0.25) is 0 Å². The van der Waals surface area contributed by atoms with Crippen molar-refractivity contribution >= 4 is 23.2 Å². The smallest absolute Gasteiger partial charge is 0.228 e. The molecule has 0 radical (unpaired) electrons. The molecule has 0 spiro atoms. The number of rotatable bonds is 5. The molecule has 7 nitrogen and oxygen atoms in total. The van der Waals surface area contributed by atoms with E-state index >= 15 is 0 Å². The molecule has 27 heavy (non-hydrogen) atoms. The van der Waals surface area contributed by atoms with Crippen molar-refractivity contribution in [2.75, 3.05) is 16.8 Å². The predicted molar refractivity (Wildman–Crippen MR) is 102 cm³/mol. The van der Waals surface area contributed by atoms with Crippen molar-refractivity contribution in [1.29, 1.82) is 0 Å². The predicted octanol–water partition coefficient (Wildman–Crippen LogP) is 2.58. The van der Waals surface area contributed by atoms with E-state index in [-0.39, 0.29) is 18.2 Å². The second-order valence-corrected chi connectivity index (χ2v) is 6.40. The Hall–Kier alpha value is -3.48. The highest BCUT2D eigenvalue weighted by Crippen LogP contribution is 2.22. The summed E-state index contributed by atoms with van der Waals surface area (Å²) in [7, 11) is 0. The van der Waals surface area contributed by atoms with E-state index in [4.69, 9.17) is 0 Å². The first-order valence-electron chi connectivity index (χ1n) is 8.84. The van der Waals surface area contributed by atoms with E-state index in [1.165, 1.54) is 6.33 Å². The minimum absolute atomic E-state index is 0.118. The monoisotopic (exact) mass is 361 g/mol. The summed E-state index contributed by atoms with van der Waals surface area (Å²) in [4.78, 5) is 30.0. The molecule has 2 amide bonds. The van der Waals surface area contributed by atoms with Gasteiger partial charge in [0, 0.05) is 18.7 Å². The molecule has 2 heterocycles. The van der Waals surface area contributed by atoms with E-state index in [0.29, 0.717) is 12.1 Å². The number of benzene rings is 2. The first kappa shape index (κ1) is 17.0. The molecule has 1 aliphatic heterocycles. The van der Waals surface area contributed by atoms with Gasteiger partial charge in [0.1, 0.15) is 12.7 Å². The molecule has 7 heteroatoms. The third-order valence-corrected chi connectivity index (χ3v) is 4.53. The van der Waals surface area contributed by atoms with Crippen LogP contribution < -0.4 is 10.2 Å². The zero-order valence-corrected chi connectivity index (χ0v) is 14.7. The highest BCUT2D eigenvalue weighted by Gasteiger charge is 2.21. The van der Waals surface area contributed by atoms with Gasteiger partial charge in [0.15, 0.2) is 0 Å². The van der Waals surface area contributed by atoms with E-state index < -0.39 is 0 Å². The number of anilines is 2. The van der Waals surface area contributed by atoms with E-state index in [9.17, 15) is 9.59 Å². The van der Waals surface area contributed by atoms with Crippen LogP contribution in [-0.2, 0) is 16.0 Å². The van der Waals surface area contributed by atoms with Gasteiger partial charge in [0.25, 0.3) is 0 Å². The van der Waals surface area contributed by atoms with Crippen molar-refractivity contribution in [1.82, 2.24) is 14.8 Å². The first-order chi connectivity index (χ1) is 13.2.